The maximum Gasteiger partial charge on any atom is 0.250 e. The molecule has 0 aliphatic carbocycles. The summed E-state index contributed by atoms with van der Waals surface area (Å²) in [5.74, 6) is -1.38. The predicted octanol–water partition coefficient (Wildman–Crippen LogP) is 3.75. The molecule has 1 rings (SSSR count). The van der Waals surface area contributed by atoms with E-state index in [4.69, 9.17) is 58.0 Å². The van der Waals surface area contributed by atoms with Gasteiger partial charge in [-0.1, -0.05) is 58.0 Å². The topological polar surface area (TPSA) is 25.8 Å². The summed E-state index contributed by atoms with van der Waals surface area (Å²) in [5.41, 5.74) is 0. The Morgan fingerprint density at radius 3 is 2.00 bits per heavy atom. The number of hydrogen-bond acceptors (Lipinski definition) is 2. The lowest BCUT2D eigenvalue weighted by molar-refractivity contribution is 0.571. The first-order valence-corrected chi connectivity index (χ1v) is 4.67. The molecule has 0 unspecified atom stereocenters. The van der Waals surface area contributed by atoms with E-state index in [0.717, 1.165) is 0 Å². The zero-order chi connectivity index (χ0) is 10.2. The van der Waals surface area contributed by atoms with E-state index < -0.39 is 14.8 Å². The molecule has 72 valence electrons. The molecule has 0 amide bonds. The molecule has 8 heteroatoms. The standard InChI is InChI=1S/C5Cl5FN2/c6-1-2(7)12-4(5(8,9)10)13-3(1)11. The summed E-state index contributed by atoms with van der Waals surface area (Å²) < 4.78 is 10.9. The van der Waals surface area contributed by atoms with Gasteiger partial charge in [-0.15, -0.1) is 0 Å². The monoisotopic (exact) mass is 282 g/mol. The van der Waals surface area contributed by atoms with Crippen LogP contribution in [-0.2, 0) is 3.79 Å². The van der Waals surface area contributed by atoms with Gasteiger partial charge in [0.2, 0.25) is 9.74 Å². The third-order valence-electron chi connectivity index (χ3n) is 1.02. The maximum atomic E-state index is 12.8. The lowest BCUT2D eigenvalue weighted by Gasteiger charge is -2.09. The minimum Gasteiger partial charge on any atom is -0.215 e. The van der Waals surface area contributed by atoms with Gasteiger partial charge >= 0.3 is 0 Å². The molecule has 1 aromatic heterocycles. The van der Waals surface area contributed by atoms with E-state index in [-0.39, 0.29) is 11.0 Å². The Kier molecular flexibility index (Phi) is 3.47. The Bertz CT molecular complexity index is 313. The van der Waals surface area contributed by atoms with E-state index in [0.29, 0.717) is 0 Å². The minimum absolute atomic E-state index is 0.296. The summed E-state index contributed by atoms with van der Waals surface area (Å²) in [6.07, 6.45) is 0. The molecule has 1 aromatic rings. The molecular formula is C5Cl5FN2. The first-order chi connectivity index (χ1) is 5.82. The second-order valence-electron chi connectivity index (χ2n) is 1.94. The highest BCUT2D eigenvalue weighted by atomic mass is 35.6. The van der Waals surface area contributed by atoms with Crippen molar-refractivity contribution in [3.8, 4) is 0 Å². The van der Waals surface area contributed by atoms with Crippen LogP contribution in [0.3, 0.4) is 0 Å². The molecule has 0 aliphatic rings. The molecule has 0 aliphatic heterocycles. The Hall–Kier alpha value is 0.460. The van der Waals surface area contributed by atoms with Crippen LogP contribution in [0.1, 0.15) is 5.82 Å². The van der Waals surface area contributed by atoms with Gasteiger partial charge in [-0.3, -0.25) is 0 Å². The highest BCUT2D eigenvalue weighted by molar-refractivity contribution is 6.66. The Morgan fingerprint density at radius 1 is 1.08 bits per heavy atom. The summed E-state index contributed by atoms with van der Waals surface area (Å²) in [6, 6.07) is 0. The highest BCUT2D eigenvalue weighted by Gasteiger charge is 2.28. The SMILES string of the molecule is Fc1nc(C(Cl)(Cl)Cl)nc(Cl)c1Cl. The average Bonchev–Trinajstić information content (AvgIpc) is 1.97. The zero-order valence-electron chi connectivity index (χ0n) is 5.66. The Balaban J connectivity index is 3.29. The predicted molar refractivity (Wildman–Crippen MR) is 51.2 cm³/mol. The summed E-state index contributed by atoms with van der Waals surface area (Å²) in [7, 11) is 0. The van der Waals surface area contributed by atoms with Crippen molar-refractivity contribution in [2.24, 2.45) is 0 Å². The Morgan fingerprint density at radius 2 is 1.62 bits per heavy atom. The van der Waals surface area contributed by atoms with Crippen LogP contribution in [0.2, 0.25) is 10.2 Å². The van der Waals surface area contributed by atoms with E-state index in [2.05, 4.69) is 9.97 Å². The van der Waals surface area contributed by atoms with Crippen molar-refractivity contribution in [3.63, 3.8) is 0 Å². The fraction of sp³-hybridized carbons (Fsp3) is 0.200. The van der Waals surface area contributed by atoms with Crippen molar-refractivity contribution in [1.82, 2.24) is 9.97 Å². The van der Waals surface area contributed by atoms with Gasteiger partial charge in [-0.2, -0.15) is 9.37 Å². The van der Waals surface area contributed by atoms with Crippen molar-refractivity contribution in [3.05, 3.63) is 21.9 Å². The number of aromatic nitrogens is 2. The van der Waals surface area contributed by atoms with Crippen molar-refractivity contribution in [2.75, 3.05) is 0 Å². The number of halogens is 6. The maximum absolute atomic E-state index is 12.8. The molecule has 13 heavy (non-hydrogen) atoms. The highest BCUT2D eigenvalue weighted by Crippen LogP contribution is 2.37. The Labute approximate surface area is 97.9 Å². The van der Waals surface area contributed by atoms with E-state index in [9.17, 15) is 4.39 Å². The number of hydrogen-bond donors (Lipinski definition) is 0. The molecular weight excluding hydrogens is 284 g/mol. The summed E-state index contributed by atoms with van der Waals surface area (Å²) in [6.45, 7) is 0. The molecule has 0 saturated carbocycles. The van der Waals surface area contributed by atoms with Gasteiger partial charge in [0.1, 0.15) is 5.02 Å². The van der Waals surface area contributed by atoms with Crippen molar-refractivity contribution in [2.45, 2.75) is 3.79 Å². The number of rotatable bonds is 0. The second kappa shape index (κ2) is 3.91. The third kappa shape index (κ3) is 2.70. The van der Waals surface area contributed by atoms with Crippen molar-refractivity contribution >= 4 is 58.0 Å². The van der Waals surface area contributed by atoms with Crippen LogP contribution < -0.4 is 0 Å². The van der Waals surface area contributed by atoms with Crippen LogP contribution in [0, 0.1) is 5.95 Å². The quantitative estimate of drug-likeness (QED) is 0.535. The fourth-order valence-electron chi connectivity index (χ4n) is 0.521. The van der Waals surface area contributed by atoms with Crippen LogP contribution in [0.25, 0.3) is 0 Å². The molecule has 0 bridgehead atoms. The molecule has 1 heterocycles. The number of alkyl halides is 3. The lowest BCUT2D eigenvalue weighted by Crippen LogP contribution is -2.09. The van der Waals surface area contributed by atoms with Crippen LogP contribution in [0.15, 0.2) is 0 Å². The average molecular weight is 284 g/mol. The molecule has 2 nitrogen and oxygen atoms in total. The number of nitrogens with zero attached hydrogens (tertiary/aromatic N) is 2. The molecule has 0 atom stereocenters. The van der Waals surface area contributed by atoms with Gasteiger partial charge in [0.15, 0.2) is 11.0 Å². The van der Waals surface area contributed by atoms with Gasteiger partial charge in [-0.25, -0.2) is 4.98 Å². The van der Waals surface area contributed by atoms with E-state index in [1.165, 1.54) is 0 Å². The smallest absolute Gasteiger partial charge is 0.215 e. The summed E-state index contributed by atoms with van der Waals surface area (Å²) in [4.78, 5) is 6.71. The first kappa shape index (κ1) is 11.5. The zero-order valence-corrected chi connectivity index (χ0v) is 9.44. The first-order valence-electron chi connectivity index (χ1n) is 2.78. The van der Waals surface area contributed by atoms with Crippen LogP contribution in [0.5, 0.6) is 0 Å². The second-order valence-corrected chi connectivity index (χ2v) is 4.96. The molecule has 0 fully saturated rings. The molecule has 0 spiro atoms. The molecule has 0 saturated heterocycles. The van der Waals surface area contributed by atoms with E-state index >= 15 is 0 Å². The lowest BCUT2D eigenvalue weighted by atomic mass is 10.6. The summed E-state index contributed by atoms with van der Waals surface area (Å²) >= 11 is 26.9. The fourth-order valence-corrected chi connectivity index (χ4v) is 1.02. The normalized spacial score (nSPS) is 11.8. The molecule has 0 radical (unpaired) electrons. The molecule has 0 aromatic carbocycles. The third-order valence-corrected chi connectivity index (χ3v) is 2.24. The van der Waals surface area contributed by atoms with Gasteiger partial charge in [-0.05, 0) is 0 Å². The van der Waals surface area contributed by atoms with Gasteiger partial charge in [0, 0.05) is 0 Å². The van der Waals surface area contributed by atoms with Crippen LogP contribution >= 0.6 is 58.0 Å². The minimum atomic E-state index is -1.92. The van der Waals surface area contributed by atoms with Gasteiger partial charge < -0.3 is 0 Å². The van der Waals surface area contributed by atoms with Crippen LogP contribution in [0.4, 0.5) is 4.39 Å². The van der Waals surface area contributed by atoms with Gasteiger partial charge in [0.25, 0.3) is 0 Å². The largest absolute Gasteiger partial charge is 0.250 e. The van der Waals surface area contributed by atoms with Gasteiger partial charge in [0.05, 0.1) is 0 Å². The van der Waals surface area contributed by atoms with E-state index in [1.54, 1.807) is 0 Å². The van der Waals surface area contributed by atoms with Crippen molar-refractivity contribution in [1.29, 1.82) is 0 Å². The van der Waals surface area contributed by atoms with E-state index in [1.807, 2.05) is 0 Å². The van der Waals surface area contributed by atoms with Crippen molar-refractivity contribution < 1.29 is 4.39 Å². The molecule has 0 N–H and O–H groups in total. The summed E-state index contributed by atoms with van der Waals surface area (Å²) in [5, 5.41) is -0.699. The van der Waals surface area contributed by atoms with Crippen LogP contribution in [-0.4, -0.2) is 9.97 Å².